The summed E-state index contributed by atoms with van der Waals surface area (Å²) in [4.78, 5) is 9.09. The SMILES string of the molecule is CCCCCNc1cc(NC)nc(-c2ccccc2)n1. The van der Waals surface area contributed by atoms with Crippen LogP contribution in [0.3, 0.4) is 0 Å². The first-order valence-corrected chi connectivity index (χ1v) is 7.19. The summed E-state index contributed by atoms with van der Waals surface area (Å²) in [7, 11) is 1.87. The number of rotatable bonds is 7. The van der Waals surface area contributed by atoms with Crippen LogP contribution in [0.4, 0.5) is 11.6 Å². The van der Waals surface area contributed by atoms with E-state index in [2.05, 4.69) is 27.5 Å². The fraction of sp³-hybridized carbons (Fsp3) is 0.375. The second kappa shape index (κ2) is 7.48. The molecule has 0 spiro atoms. The summed E-state index contributed by atoms with van der Waals surface area (Å²) < 4.78 is 0. The average Bonchev–Trinajstić information content (AvgIpc) is 2.52. The van der Waals surface area contributed by atoms with Crippen LogP contribution in [0.2, 0.25) is 0 Å². The maximum Gasteiger partial charge on any atom is 0.163 e. The molecule has 2 N–H and O–H groups in total. The van der Waals surface area contributed by atoms with E-state index in [-0.39, 0.29) is 0 Å². The number of benzene rings is 1. The molecule has 4 nitrogen and oxygen atoms in total. The fourth-order valence-electron chi connectivity index (χ4n) is 1.97. The number of anilines is 2. The minimum Gasteiger partial charge on any atom is -0.373 e. The number of aromatic nitrogens is 2. The van der Waals surface area contributed by atoms with E-state index in [1.54, 1.807) is 0 Å². The minimum absolute atomic E-state index is 0.746. The molecule has 0 amide bonds. The first kappa shape index (κ1) is 14.3. The third kappa shape index (κ3) is 3.95. The highest BCUT2D eigenvalue weighted by molar-refractivity contribution is 5.60. The van der Waals surface area contributed by atoms with Crippen LogP contribution < -0.4 is 10.6 Å². The van der Waals surface area contributed by atoms with E-state index in [1.165, 1.54) is 12.8 Å². The number of nitrogens with one attached hydrogen (secondary N) is 2. The molecule has 1 aromatic heterocycles. The Morgan fingerprint density at radius 1 is 1.00 bits per heavy atom. The normalized spacial score (nSPS) is 10.3. The summed E-state index contributed by atoms with van der Waals surface area (Å²) in [6.07, 6.45) is 3.63. The molecule has 20 heavy (non-hydrogen) atoms. The molecule has 0 fully saturated rings. The molecule has 0 radical (unpaired) electrons. The summed E-state index contributed by atoms with van der Waals surface area (Å²) in [6.45, 7) is 3.15. The maximum atomic E-state index is 4.59. The highest BCUT2D eigenvalue weighted by Gasteiger charge is 2.05. The largest absolute Gasteiger partial charge is 0.373 e. The molecular formula is C16H22N4. The fourth-order valence-corrected chi connectivity index (χ4v) is 1.97. The van der Waals surface area contributed by atoms with Crippen molar-refractivity contribution in [3.63, 3.8) is 0 Å². The zero-order chi connectivity index (χ0) is 14.2. The highest BCUT2D eigenvalue weighted by Crippen LogP contribution is 2.19. The third-order valence-corrected chi connectivity index (χ3v) is 3.10. The summed E-state index contributed by atoms with van der Waals surface area (Å²) in [6, 6.07) is 12.0. The van der Waals surface area contributed by atoms with Crippen LogP contribution in [0.25, 0.3) is 11.4 Å². The van der Waals surface area contributed by atoms with Gasteiger partial charge in [0.2, 0.25) is 0 Å². The van der Waals surface area contributed by atoms with Gasteiger partial charge >= 0.3 is 0 Å². The molecular weight excluding hydrogens is 248 g/mol. The van der Waals surface area contributed by atoms with E-state index >= 15 is 0 Å². The van der Waals surface area contributed by atoms with Gasteiger partial charge in [0.1, 0.15) is 11.6 Å². The van der Waals surface area contributed by atoms with E-state index < -0.39 is 0 Å². The van der Waals surface area contributed by atoms with Gasteiger partial charge in [-0.15, -0.1) is 0 Å². The molecule has 2 aromatic rings. The maximum absolute atomic E-state index is 4.59. The number of unbranched alkanes of at least 4 members (excludes halogenated alkanes) is 2. The molecule has 0 aliphatic carbocycles. The number of nitrogens with zero attached hydrogens (tertiary/aromatic N) is 2. The van der Waals surface area contributed by atoms with E-state index in [9.17, 15) is 0 Å². The molecule has 1 heterocycles. The summed E-state index contributed by atoms with van der Waals surface area (Å²) in [5.74, 6) is 2.45. The van der Waals surface area contributed by atoms with Crippen LogP contribution in [0.1, 0.15) is 26.2 Å². The molecule has 0 saturated heterocycles. The van der Waals surface area contributed by atoms with Crippen LogP contribution in [-0.4, -0.2) is 23.6 Å². The summed E-state index contributed by atoms with van der Waals surface area (Å²) in [5, 5.41) is 6.46. The molecule has 0 unspecified atom stereocenters. The van der Waals surface area contributed by atoms with Crippen LogP contribution in [0, 0.1) is 0 Å². The lowest BCUT2D eigenvalue weighted by atomic mass is 10.2. The van der Waals surface area contributed by atoms with E-state index in [0.717, 1.165) is 36.0 Å². The summed E-state index contributed by atoms with van der Waals surface area (Å²) >= 11 is 0. The predicted octanol–water partition coefficient (Wildman–Crippen LogP) is 3.79. The van der Waals surface area contributed by atoms with Crippen LogP contribution in [-0.2, 0) is 0 Å². The molecule has 4 heteroatoms. The molecule has 1 aromatic carbocycles. The van der Waals surface area contributed by atoms with Gasteiger partial charge in [-0.2, -0.15) is 0 Å². The van der Waals surface area contributed by atoms with Gasteiger partial charge in [0, 0.05) is 25.2 Å². The Morgan fingerprint density at radius 2 is 1.75 bits per heavy atom. The van der Waals surface area contributed by atoms with Crippen LogP contribution in [0.15, 0.2) is 36.4 Å². The van der Waals surface area contributed by atoms with Crippen LogP contribution >= 0.6 is 0 Å². The van der Waals surface area contributed by atoms with Crippen molar-refractivity contribution in [1.82, 2.24) is 9.97 Å². The van der Waals surface area contributed by atoms with Crippen molar-refractivity contribution in [3.05, 3.63) is 36.4 Å². The lowest BCUT2D eigenvalue weighted by molar-refractivity contribution is 0.742. The van der Waals surface area contributed by atoms with Gasteiger partial charge in [-0.05, 0) is 6.42 Å². The Balaban J connectivity index is 2.16. The molecule has 0 aliphatic heterocycles. The molecule has 2 rings (SSSR count). The predicted molar refractivity (Wildman–Crippen MR) is 85.0 cm³/mol. The van der Waals surface area contributed by atoms with Crippen molar-refractivity contribution in [2.75, 3.05) is 24.2 Å². The third-order valence-electron chi connectivity index (χ3n) is 3.10. The van der Waals surface area contributed by atoms with E-state index in [1.807, 2.05) is 43.4 Å². The first-order valence-electron chi connectivity index (χ1n) is 7.19. The summed E-state index contributed by atoms with van der Waals surface area (Å²) in [5.41, 5.74) is 1.03. The molecule has 0 bridgehead atoms. The molecule has 0 aliphatic rings. The van der Waals surface area contributed by atoms with E-state index in [4.69, 9.17) is 0 Å². The van der Waals surface area contributed by atoms with Gasteiger partial charge in [0.15, 0.2) is 5.82 Å². The minimum atomic E-state index is 0.746. The zero-order valence-electron chi connectivity index (χ0n) is 12.2. The Kier molecular flexibility index (Phi) is 5.35. The van der Waals surface area contributed by atoms with Crippen molar-refractivity contribution < 1.29 is 0 Å². The lowest BCUT2D eigenvalue weighted by Crippen LogP contribution is -2.06. The van der Waals surface area contributed by atoms with E-state index in [0.29, 0.717) is 0 Å². The topological polar surface area (TPSA) is 49.8 Å². The Morgan fingerprint density at radius 3 is 2.45 bits per heavy atom. The van der Waals surface area contributed by atoms with Crippen molar-refractivity contribution in [2.24, 2.45) is 0 Å². The Bertz CT molecular complexity index is 525. The van der Waals surface area contributed by atoms with Crippen molar-refractivity contribution in [3.8, 4) is 11.4 Å². The monoisotopic (exact) mass is 270 g/mol. The standard InChI is InChI=1S/C16H22N4/c1-3-4-8-11-18-15-12-14(17-2)19-16(20-15)13-9-6-5-7-10-13/h5-7,9-10,12H,3-4,8,11H2,1-2H3,(H2,17,18,19,20). The second-order valence-corrected chi connectivity index (χ2v) is 4.71. The van der Waals surface area contributed by atoms with Gasteiger partial charge in [-0.1, -0.05) is 50.1 Å². The number of hydrogen-bond acceptors (Lipinski definition) is 4. The number of hydrogen-bond donors (Lipinski definition) is 2. The van der Waals surface area contributed by atoms with Gasteiger partial charge in [0.05, 0.1) is 0 Å². The second-order valence-electron chi connectivity index (χ2n) is 4.71. The van der Waals surface area contributed by atoms with Crippen molar-refractivity contribution in [2.45, 2.75) is 26.2 Å². The smallest absolute Gasteiger partial charge is 0.163 e. The van der Waals surface area contributed by atoms with Crippen molar-refractivity contribution >= 4 is 11.6 Å². The van der Waals surface area contributed by atoms with Crippen molar-refractivity contribution in [1.29, 1.82) is 0 Å². The Hall–Kier alpha value is -2.10. The Labute approximate surface area is 120 Å². The van der Waals surface area contributed by atoms with Gasteiger partial charge in [0.25, 0.3) is 0 Å². The van der Waals surface area contributed by atoms with Gasteiger partial charge in [-0.3, -0.25) is 0 Å². The van der Waals surface area contributed by atoms with Gasteiger partial charge in [-0.25, -0.2) is 9.97 Å². The zero-order valence-corrected chi connectivity index (χ0v) is 12.2. The lowest BCUT2D eigenvalue weighted by Gasteiger charge is -2.09. The first-order chi connectivity index (χ1) is 9.83. The quantitative estimate of drug-likeness (QED) is 0.752. The molecule has 0 saturated carbocycles. The average molecular weight is 270 g/mol. The van der Waals surface area contributed by atoms with Gasteiger partial charge < -0.3 is 10.6 Å². The molecule has 106 valence electrons. The van der Waals surface area contributed by atoms with Crippen LogP contribution in [0.5, 0.6) is 0 Å². The highest BCUT2D eigenvalue weighted by atomic mass is 15.1. The molecule has 0 atom stereocenters.